The number of hydrogen-bond donors (Lipinski definition) is 0. The highest BCUT2D eigenvalue weighted by atomic mass is 127. The van der Waals surface area contributed by atoms with Gasteiger partial charge in [-0.15, -0.1) is 0 Å². The van der Waals surface area contributed by atoms with E-state index in [1.807, 2.05) is 18.2 Å². The second-order valence-electron chi connectivity index (χ2n) is 6.32. The molecule has 0 spiro atoms. The van der Waals surface area contributed by atoms with Crippen LogP contribution in [0.2, 0.25) is 5.02 Å². The molecule has 2 saturated carbocycles. The van der Waals surface area contributed by atoms with Crippen molar-refractivity contribution in [3.63, 3.8) is 0 Å². The summed E-state index contributed by atoms with van der Waals surface area (Å²) in [6, 6.07) is 6.13. The van der Waals surface area contributed by atoms with Crippen molar-refractivity contribution >= 4 is 40.1 Å². The van der Waals surface area contributed by atoms with Crippen LogP contribution < -0.4 is 0 Å². The summed E-state index contributed by atoms with van der Waals surface area (Å²) >= 11 is 8.37. The van der Waals surface area contributed by atoms with E-state index < -0.39 is 0 Å². The number of carbonyl (C=O) groups is 1. The summed E-state index contributed by atoms with van der Waals surface area (Å²) in [6.07, 6.45) is 8.90. The molecule has 2 nitrogen and oxygen atoms in total. The fourth-order valence-corrected chi connectivity index (χ4v) is 3.74. The molecule has 1 amide bonds. The van der Waals surface area contributed by atoms with Crippen molar-refractivity contribution in [2.45, 2.75) is 51.0 Å². The van der Waals surface area contributed by atoms with Gasteiger partial charge in [-0.3, -0.25) is 4.79 Å². The summed E-state index contributed by atoms with van der Waals surface area (Å²) in [5.74, 6) is 0.865. The first-order valence-corrected chi connectivity index (χ1v) is 9.37. The van der Waals surface area contributed by atoms with E-state index in [1.54, 1.807) is 0 Å². The van der Waals surface area contributed by atoms with Gasteiger partial charge in [0.15, 0.2) is 0 Å². The number of benzene rings is 1. The van der Waals surface area contributed by atoms with Crippen LogP contribution in [-0.4, -0.2) is 23.4 Å². The van der Waals surface area contributed by atoms with Gasteiger partial charge in [0.2, 0.25) is 0 Å². The van der Waals surface area contributed by atoms with Crippen LogP contribution in [0.1, 0.15) is 55.3 Å². The molecule has 1 aromatic carbocycles. The van der Waals surface area contributed by atoms with E-state index >= 15 is 0 Å². The van der Waals surface area contributed by atoms with Crippen molar-refractivity contribution in [2.75, 3.05) is 6.54 Å². The zero-order chi connectivity index (χ0) is 14.8. The van der Waals surface area contributed by atoms with E-state index in [1.165, 1.54) is 32.1 Å². The average molecular weight is 418 g/mol. The lowest BCUT2D eigenvalue weighted by molar-refractivity contribution is 0.0699. The highest BCUT2D eigenvalue weighted by molar-refractivity contribution is 14.1. The molecule has 0 heterocycles. The topological polar surface area (TPSA) is 20.3 Å². The maximum atomic E-state index is 12.8. The van der Waals surface area contributed by atoms with Gasteiger partial charge < -0.3 is 4.90 Å². The monoisotopic (exact) mass is 417 g/mol. The van der Waals surface area contributed by atoms with Gasteiger partial charge in [0.05, 0.1) is 5.02 Å². The van der Waals surface area contributed by atoms with Crippen molar-refractivity contribution < 1.29 is 4.79 Å². The molecule has 2 aliphatic rings. The van der Waals surface area contributed by atoms with Crippen molar-refractivity contribution in [3.05, 3.63) is 32.4 Å². The molecular weight excluding hydrogens is 397 g/mol. The maximum absolute atomic E-state index is 12.8. The zero-order valence-electron chi connectivity index (χ0n) is 12.2. The summed E-state index contributed by atoms with van der Waals surface area (Å²) in [7, 11) is 0. The molecule has 0 atom stereocenters. The van der Waals surface area contributed by atoms with Gasteiger partial charge >= 0.3 is 0 Å². The highest BCUT2D eigenvalue weighted by Gasteiger charge is 2.34. The smallest absolute Gasteiger partial charge is 0.254 e. The largest absolute Gasteiger partial charge is 0.335 e. The Bertz CT molecular complexity index is 524. The number of amides is 1. The summed E-state index contributed by atoms with van der Waals surface area (Å²) in [4.78, 5) is 14.9. The van der Waals surface area contributed by atoms with Crippen LogP contribution in [0, 0.1) is 9.49 Å². The number of carbonyl (C=O) groups excluding carboxylic acids is 1. The molecule has 0 aromatic heterocycles. The van der Waals surface area contributed by atoms with Gasteiger partial charge in [0, 0.05) is 21.7 Å². The fraction of sp³-hybridized carbons (Fsp3) is 0.588. The summed E-state index contributed by atoms with van der Waals surface area (Å²) in [5.41, 5.74) is 0.739. The Labute approximate surface area is 145 Å². The van der Waals surface area contributed by atoms with Crippen LogP contribution in [0.15, 0.2) is 18.2 Å². The van der Waals surface area contributed by atoms with Gasteiger partial charge in [0.1, 0.15) is 0 Å². The minimum Gasteiger partial charge on any atom is -0.335 e. The minimum atomic E-state index is 0.168. The Balaban J connectivity index is 1.73. The predicted octanol–water partition coefficient (Wildman–Crippen LogP) is 5.13. The molecule has 3 rings (SSSR count). The first-order valence-electron chi connectivity index (χ1n) is 7.91. The van der Waals surface area contributed by atoms with Gasteiger partial charge in [-0.05, 0) is 72.4 Å². The van der Waals surface area contributed by atoms with Crippen LogP contribution in [0.4, 0.5) is 0 Å². The van der Waals surface area contributed by atoms with Crippen molar-refractivity contribution in [1.29, 1.82) is 0 Å². The first kappa shape index (κ1) is 15.6. The molecule has 0 radical (unpaired) electrons. The third-order valence-electron chi connectivity index (χ3n) is 4.59. The molecule has 2 aliphatic carbocycles. The van der Waals surface area contributed by atoms with Crippen LogP contribution in [0.5, 0.6) is 0 Å². The fourth-order valence-electron chi connectivity index (χ4n) is 3.23. The first-order chi connectivity index (χ1) is 10.1. The van der Waals surface area contributed by atoms with E-state index in [0.717, 1.165) is 28.5 Å². The summed E-state index contributed by atoms with van der Waals surface area (Å²) < 4.78 is 0.996. The molecule has 0 N–H and O–H groups in total. The van der Waals surface area contributed by atoms with Crippen LogP contribution in [0.25, 0.3) is 0 Å². The molecule has 21 heavy (non-hydrogen) atoms. The molecule has 0 bridgehead atoms. The molecular formula is C17H21ClINO. The lowest BCUT2D eigenvalue weighted by atomic mass is 9.89. The minimum absolute atomic E-state index is 0.168. The second kappa shape index (κ2) is 6.86. The third-order valence-corrected chi connectivity index (χ3v) is 6.17. The van der Waals surface area contributed by atoms with Crippen LogP contribution >= 0.6 is 34.2 Å². The lowest BCUT2D eigenvalue weighted by Gasteiger charge is -2.30. The van der Waals surface area contributed by atoms with E-state index in [4.69, 9.17) is 11.6 Å². The van der Waals surface area contributed by atoms with E-state index in [-0.39, 0.29) is 5.91 Å². The van der Waals surface area contributed by atoms with Gasteiger partial charge in [-0.1, -0.05) is 30.9 Å². The number of hydrogen-bond acceptors (Lipinski definition) is 1. The summed E-state index contributed by atoms with van der Waals surface area (Å²) in [5, 5.41) is 0.676. The third kappa shape index (κ3) is 3.92. The standard InChI is InChI=1S/C17H21ClINO/c18-15-10-13(6-9-16(15)19)17(21)20(14-7-8-14)11-12-4-2-1-3-5-12/h6,9-10,12,14H,1-5,7-8,11H2. The normalized spacial score (nSPS) is 19.5. The van der Waals surface area contributed by atoms with Gasteiger partial charge in [-0.2, -0.15) is 0 Å². The molecule has 1 aromatic rings. The Morgan fingerprint density at radius 3 is 2.52 bits per heavy atom. The highest BCUT2D eigenvalue weighted by Crippen LogP contribution is 2.33. The van der Waals surface area contributed by atoms with Crippen molar-refractivity contribution in [1.82, 2.24) is 4.90 Å². The quantitative estimate of drug-likeness (QED) is 0.622. The Kier molecular flexibility index (Phi) is 5.10. The van der Waals surface area contributed by atoms with E-state index in [0.29, 0.717) is 17.0 Å². The molecule has 0 aliphatic heterocycles. The number of halogens is 2. The van der Waals surface area contributed by atoms with Crippen LogP contribution in [-0.2, 0) is 0 Å². The van der Waals surface area contributed by atoms with Gasteiger partial charge in [0.25, 0.3) is 5.91 Å². The average Bonchev–Trinajstić information content (AvgIpc) is 3.33. The second-order valence-corrected chi connectivity index (χ2v) is 7.89. The SMILES string of the molecule is O=C(c1ccc(I)c(Cl)c1)N(CC1CCCCC1)C1CC1. The zero-order valence-corrected chi connectivity index (χ0v) is 15.1. The Morgan fingerprint density at radius 1 is 1.19 bits per heavy atom. The Hall–Kier alpha value is -0.290. The summed E-state index contributed by atoms with van der Waals surface area (Å²) in [6.45, 7) is 0.938. The van der Waals surface area contributed by atoms with E-state index in [2.05, 4.69) is 27.5 Å². The molecule has 114 valence electrons. The molecule has 4 heteroatoms. The maximum Gasteiger partial charge on any atom is 0.254 e. The van der Waals surface area contributed by atoms with Crippen molar-refractivity contribution in [3.8, 4) is 0 Å². The molecule has 2 fully saturated rings. The molecule has 0 saturated heterocycles. The Morgan fingerprint density at radius 2 is 1.90 bits per heavy atom. The van der Waals surface area contributed by atoms with E-state index in [9.17, 15) is 4.79 Å². The number of nitrogens with zero attached hydrogens (tertiary/aromatic N) is 1. The van der Waals surface area contributed by atoms with Crippen LogP contribution in [0.3, 0.4) is 0 Å². The molecule has 0 unspecified atom stereocenters. The van der Waals surface area contributed by atoms with Gasteiger partial charge in [-0.25, -0.2) is 0 Å². The number of rotatable bonds is 4. The van der Waals surface area contributed by atoms with Crippen molar-refractivity contribution in [2.24, 2.45) is 5.92 Å². The predicted molar refractivity (Wildman–Crippen MR) is 94.8 cm³/mol. The lowest BCUT2D eigenvalue weighted by Crippen LogP contribution is -2.37.